The van der Waals surface area contributed by atoms with E-state index in [0.717, 1.165) is 82.3 Å². The molecular weight excluding hydrogens is 454 g/mol. The van der Waals surface area contributed by atoms with E-state index in [4.69, 9.17) is 0 Å². The number of nitrogens with zero attached hydrogens (tertiary/aromatic N) is 2. The first kappa shape index (κ1) is 31.9. The molecule has 4 heteroatoms. The van der Waals surface area contributed by atoms with Crippen LogP contribution in [0.15, 0.2) is 102 Å². The molecule has 0 aromatic rings. The fourth-order valence-electron chi connectivity index (χ4n) is 4.09. The van der Waals surface area contributed by atoms with Crippen LogP contribution in [-0.4, -0.2) is 36.7 Å². The first-order valence-electron chi connectivity index (χ1n) is 13.9. The van der Waals surface area contributed by atoms with Gasteiger partial charge in [0, 0.05) is 49.7 Å². The van der Waals surface area contributed by atoms with Crippen LogP contribution >= 0.6 is 0 Å². The van der Waals surface area contributed by atoms with E-state index >= 15 is 0 Å². The monoisotopic (exact) mass is 503 g/mol. The second kappa shape index (κ2) is 22.1. The van der Waals surface area contributed by atoms with E-state index in [0.29, 0.717) is 12.3 Å². The van der Waals surface area contributed by atoms with Gasteiger partial charge in [-0.25, -0.2) is 0 Å². The number of rotatable bonds is 19. The Morgan fingerprint density at radius 2 is 1.57 bits per heavy atom. The van der Waals surface area contributed by atoms with Crippen molar-refractivity contribution in [1.29, 1.82) is 0 Å². The number of aliphatic imine (C=N–C) groups is 1. The van der Waals surface area contributed by atoms with Gasteiger partial charge >= 0.3 is 0 Å². The number of hydrogen-bond acceptors (Lipinski definition) is 3. The van der Waals surface area contributed by atoms with Crippen LogP contribution in [0, 0.1) is 5.92 Å². The van der Waals surface area contributed by atoms with E-state index < -0.39 is 0 Å². The first-order chi connectivity index (χ1) is 18.1. The minimum atomic E-state index is 0.152. The van der Waals surface area contributed by atoms with E-state index in [1.165, 1.54) is 6.20 Å². The molecule has 1 amide bonds. The summed E-state index contributed by atoms with van der Waals surface area (Å²) >= 11 is 0. The number of hydrogen-bond donors (Lipinski definition) is 1. The molecule has 0 aromatic carbocycles. The molecule has 0 aliphatic carbocycles. The molecule has 0 aromatic heterocycles. The SMILES string of the molecule is C=CN=CC(=C)C(=CC)N1CCC(CNC(=O)CCCC=CCC=CCC=CCC=CCC=CCC)C1. The average molecular weight is 504 g/mol. The second-order valence-electron chi connectivity index (χ2n) is 9.17. The van der Waals surface area contributed by atoms with Crippen LogP contribution in [0.3, 0.4) is 0 Å². The lowest BCUT2D eigenvalue weighted by Crippen LogP contribution is -2.30. The molecule has 1 N–H and O–H groups in total. The van der Waals surface area contributed by atoms with Crippen molar-refractivity contribution in [2.24, 2.45) is 10.9 Å². The summed E-state index contributed by atoms with van der Waals surface area (Å²) in [5.41, 5.74) is 2.00. The van der Waals surface area contributed by atoms with Crippen LogP contribution in [0.4, 0.5) is 0 Å². The number of amides is 1. The number of carbonyl (C=O) groups excluding carboxylic acids is 1. The predicted molar refractivity (Wildman–Crippen MR) is 163 cm³/mol. The fourth-order valence-corrected chi connectivity index (χ4v) is 4.09. The Hall–Kier alpha value is -3.14. The number of unbranched alkanes of at least 4 members (excludes halogenated alkanes) is 1. The summed E-state index contributed by atoms with van der Waals surface area (Å²) in [7, 11) is 0. The minimum absolute atomic E-state index is 0.152. The van der Waals surface area contributed by atoms with Crippen molar-refractivity contribution in [2.75, 3.05) is 19.6 Å². The Labute approximate surface area is 226 Å². The van der Waals surface area contributed by atoms with E-state index in [2.05, 4.69) is 102 Å². The molecule has 0 bridgehead atoms. The van der Waals surface area contributed by atoms with Crippen LogP contribution in [0.2, 0.25) is 0 Å². The van der Waals surface area contributed by atoms with Crippen LogP contribution < -0.4 is 5.32 Å². The lowest BCUT2D eigenvalue weighted by atomic mass is 10.1. The van der Waals surface area contributed by atoms with E-state index in [1.54, 1.807) is 6.21 Å². The smallest absolute Gasteiger partial charge is 0.220 e. The van der Waals surface area contributed by atoms with Crippen molar-refractivity contribution < 1.29 is 4.79 Å². The summed E-state index contributed by atoms with van der Waals surface area (Å²) in [6.45, 7) is 14.5. The number of carbonyl (C=O) groups is 1. The average Bonchev–Trinajstić information content (AvgIpc) is 3.37. The van der Waals surface area contributed by atoms with Crippen molar-refractivity contribution in [1.82, 2.24) is 10.2 Å². The maximum Gasteiger partial charge on any atom is 0.220 e. The van der Waals surface area contributed by atoms with Crippen LogP contribution in [-0.2, 0) is 4.79 Å². The summed E-state index contributed by atoms with van der Waals surface area (Å²) in [4.78, 5) is 18.6. The summed E-state index contributed by atoms with van der Waals surface area (Å²) in [6, 6.07) is 0. The standard InChI is InChI=1S/C33H49N3O/c1-5-8-9-10-11-12-13-14-15-16-17-18-19-20-21-22-23-24-33(37)35-28-31-25-26-36(29-31)32(6-2)30(4)27-34-7-3/h6-9,11-12,14-15,17-18,20-21,27,31H,3-5,10,13,16,19,22-26,28-29H2,1-2H3,(H,35,37). The Morgan fingerprint density at radius 3 is 2.14 bits per heavy atom. The molecule has 1 aliphatic rings. The van der Waals surface area contributed by atoms with E-state index in [9.17, 15) is 4.79 Å². The van der Waals surface area contributed by atoms with Gasteiger partial charge in [-0.2, -0.15) is 0 Å². The zero-order valence-corrected chi connectivity index (χ0v) is 23.3. The molecular formula is C33H49N3O. The maximum absolute atomic E-state index is 12.2. The van der Waals surface area contributed by atoms with Gasteiger partial charge < -0.3 is 10.2 Å². The summed E-state index contributed by atoms with van der Waals surface area (Å²) in [5.74, 6) is 0.619. The number of likely N-dealkylation sites (tertiary alicyclic amines) is 1. The molecule has 0 radical (unpaired) electrons. The van der Waals surface area contributed by atoms with Crippen LogP contribution in [0.1, 0.15) is 71.6 Å². The lowest BCUT2D eigenvalue weighted by Gasteiger charge is -2.22. The van der Waals surface area contributed by atoms with Gasteiger partial charge in [-0.3, -0.25) is 9.79 Å². The molecule has 37 heavy (non-hydrogen) atoms. The van der Waals surface area contributed by atoms with Gasteiger partial charge in [0.05, 0.1) is 0 Å². The molecule has 202 valence electrons. The zero-order valence-electron chi connectivity index (χ0n) is 23.3. The van der Waals surface area contributed by atoms with Crippen molar-refractivity contribution in [2.45, 2.75) is 71.6 Å². The first-order valence-corrected chi connectivity index (χ1v) is 13.9. The van der Waals surface area contributed by atoms with Gasteiger partial charge in [0.15, 0.2) is 0 Å². The van der Waals surface area contributed by atoms with Gasteiger partial charge in [0.2, 0.25) is 5.91 Å². The van der Waals surface area contributed by atoms with Gasteiger partial charge in [-0.15, -0.1) is 0 Å². The van der Waals surface area contributed by atoms with Crippen molar-refractivity contribution in [3.8, 4) is 0 Å². The third-order valence-electron chi connectivity index (χ3n) is 6.08. The molecule has 1 atom stereocenters. The van der Waals surface area contributed by atoms with E-state index in [1.807, 2.05) is 6.92 Å². The second-order valence-corrected chi connectivity index (χ2v) is 9.17. The normalized spacial score (nSPS) is 17.1. The highest BCUT2D eigenvalue weighted by Gasteiger charge is 2.24. The largest absolute Gasteiger partial charge is 0.371 e. The summed E-state index contributed by atoms with van der Waals surface area (Å²) < 4.78 is 0. The zero-order chi connectivity index (χ0) is 27.0. The molecule has 1 saturated heterocycles. The lowest BCUT2D eigenvalue weighted by molar-refractivity contribution is -0.121. The maximum atomic E-state index is 12.2. The Kier molecular flexibility index (Phi) is 19.0. The molecule has 1 heterocycles. The third-order valence-corrected chi connectivity index (χ3v) is 6.08. The minimum Gasteiger partial charge on any atom is -0.371 e. The fraction of sp³-hybridized carbons (Fsp3) is 0.455. The van der Waals surface area contributed by atoms with Crippen LogP contribution in [0.25, 0.3) is 0 Å². The van der Waals surface area contributed by atoms with Crippen molar-refractivity contribution >= 4 is 12.1 Å². The predicted octanol–water partition coefficient (Wildman–Crippen LogP) is 8.02. The van der Waals surface area contributed by atoms with Gasteiger partial charge in [-0.1, -0.05) is 86.9 Å². The van der Waals surface area contributed by atoms with Crippen molar-refractivity contribution in [3.63, 3.8) is 0 Å². The highest BCUT2D eigenvalue weighted by molar-refractivity contribution is 5.83. The van der Waals surface area contributed by atoms with Gasteiger partial charge in [0.25, 0.3) is 0 Å². The number of allylic oxidation sites excluding steroid dienone is 12. The molecule has 1 fully saturated rings. The Bertz CT molecular complexity index is 870. The quantitative estimate of drug-likeness (QED) is 0.0839. The Balaban J connectivity index is 2.09. The molecule has 0 spiro atoms. The van der Waals surface area contributed by atoms with Crippen molar-refractivity contribution in [3.05, 3.63) is 97.5 Å². The highest BCUT2D eigenvalue weighted by Crippen LogP contribution is 2.23. The Morgan fingerprint density at radius 1 is 0.973 bits per heavy atom. The number of nitrogens with one attached hydrogen (secondary N) is 1. The third kappa shape index (κ3) is 16.3. The molecule has 0 saturated carbocycles. The highest BCUT2D eigenvalue weighted by atomic mass is 16.1. The van der Waals surface area contributed by atoms with Gasteiger partial charge in [0.1, 0.15) is 0 Å². The topological polar surface area (TPSA) is 44.7 Å². The van der Waals surface area contributed by atoms with E-state index in [-0.39, 0.29) is 5.91 Å². The summed E-state index contributed by atoms with van der Waals surface area (Å²) in [5, 5.41) is 3.12. The molecule has 1 aliphatic heterocycles. The molecule has 4 nitrogen and oxygen atoms in total. The summed E-state index contributed by atoms with van der Waals surface area (Å²) in [6.07, 6.45) is 35.9. The van der Waals surface area contributed by atoms with Crippen LogP contribution in [0.5, 0.6) is 0 Å². The van der Waals surface area contributed by atoms with Gasteiger partial charge in [-0.05, 0) is 64.2 Å². The molecule has 1 unspecified atom stereocenters. The molecule has 1 rings (SSSR count).